The molecule has 104 valence electrons. The van der Waals surface area contributed by atoms with Crippen LogP contribution in [0.3, 0.4) is 0 Å². The first-order valence-corrected chi connectivity index (χ1v) is 6.59. The minimum Gasteiger partial charge on any atom is -0.508 e. The number of phenolic OH excluding ortho intramolecular Hbond substituents is 1. The van der Waals surface area contributed by atoms with E-state index in [1.54, 1.807) is 12.1 Å². The summed E-state index contributed by atoms with van der Waals surface area (Å²) in [5.41, 5.74) is 2.41. The van der Waals surface area contributed by atoms with Gasteiger partial charge in [-0.15, -0.1) is 0 Å². The van der Waals surface area contributed by atoms with Gasteiger partial charge in [-0.05, 0) is 37.1 Å². The number of hydrogen-bond donors (Lipinski definition) is 3. The molecule has 1 amide bonds. The normalized spacial score (nSPS) is 16.3. The van der Waals surface area contributed by atoms with Crippen LogP contribution in [0.1, 0.15) is 11.1 Å². The number of phenols is 1. The van der Waals surface area contributed by atoms with E-state index in [2.05, 4.69) is 15.5 Å². The fraction of sp³-hybridized carbons (Fsp3) is 0.500. The third kappa shape index (κ3) is 3.68. The van der Waals surface area contributed by atoms with E-state index in [0.29, 0.717) is 6.54 Å². The fourth-order valence-electron chi connectivity index (χ4n) is 2.20. The highest BCUT2D eigenvalue weighted by Crippen LogP contribution is 2.24. The lowest BCUT2D eigenvalue weighted by Crippen LogP contribution is -2.46. The van der Waals surface area contributed by atoms with E-state index >= 15 is 0 Å². The van der Waals surface area contributed by atoms with Gasteiger partial charge in [0.15, 0.2) is 0 Å². The molecule has 5 nitrogen and oxygen atoms in total. The summed E-state index contributed by atoms with van der Waals surface area (Å²) in [7, 11) is 0. The largest absolute Gasteiger partial charge is 0.508 e. The number of benzene rings is 1. The van der Waals surface area contributed by atoms with Crippen LogP contribution >= 0.6 is 0 Å². The Balaban J connectivity index is 1.96. The lowest BCUT2D eigenvalue weighted by molar-refractivity contribution is -0.117. The quantitative estimate of drug-likeness (QED) is 0.708. The Morgan fingerprint density at radius 3 is 2.68 bits per heavy atom. The first kappa shape index (κ1) is 13.8. The summed E-state index contributed by atoms with van der Waals surface area (Å²) in [5, 5.41) is 15.8. The molecular weight excluding hydrogens is 242 g/mol. The van der Waals surface area contributed by atoms with Crippen LogP contribution in [0.2, 0.25) is 0 Å². The molecule has 5 heteroatoms. The van der Waals surface area contributed by atoms with Crippen LogP contribution in [0.5, 0.6) is 5.75 Å². The van der Waals surface area contributed by atoms with Crippen molar-refractivity contribution in [1.82, 2.24) is 10.2 Å². The van der Waals surface area contributed by atoms with Crippen LogP contribution in [-0.4, -0.2) is 48.6 Å². The predicted octanol–water partition coefficient (Wildman–Crippen LogP) is 0.853. The van der Waals surface area contributed by atoms with Crippen molar-refractivity contribution in [3.05, 3.63) is 23.3 Å². The second kappa shape index (κ2) is 6.04. The number of piperazine rings is 1. The molecule has 1 aromatic rings. The third-order valence-corrected chi connectivity index (χ3v) is 3.39. The average molecular weight is 263 g/mol. The summed E-state index contributed by atoms with van der Waals surface area (Å²) >= 11 is 0. The van der Waals surface area contributed by atoms with Gasteiger partial charge in [0.25, 0.3) is 0 Å². The van der Waals surface area contributed by atoms with E-state index in [1.807, 2.05) is 13.8 Å². The number of anilines is 1. The molecule has 0 spiro atoms. The Bertz CT molecular complexity index is 468. The van der Waals surface area contributed by atoms with Crippen molar-refractivity contribution in [3.8, 4) is 5.75 Å². The molecule has 0 aromatic heterocycles. The molecule has 0 aliphatic carbocycles. The highest BCUT2D eigenvalue weighted by molar-refractivity contribution is 5.93. The molecule has 0 unspecified atom stereocenters. The Morgan fingerprint density at radius 1 is 1.32 bits per heavy atom. The molecule has 1 heterocycles. The van der Waals surface area contributed by atoms with E-state index < -0.39 is 0 Å². The summed E-state index contributed by atoms with van der Waals surface area (Å²) in [5.74, 6) is 0.257. The number of carbonyl (C=O) groups excluding carboxylic acids is 1. The lowest BCUT2D eigenvalue weighted by Gasteiger charge is -2.26. The van der Waals surface area contributed by atoms with E-state index in [9.17, 15) is 9.90 Å². The molecule has 1 aliphatic rings. The summed E-state index contributed by atoms with van der Waals surface area (Å²) in [6.07, 6.45) is 0. The molecule has 1 fully saturated rings. The van der Waals surface area contributed by atoms with Gasteiger partial charge in [-0.2, -0.15) is 0 Å². The highest BCUT2D eigenvalue weighted by Gasteiger charge is 2.14. The summed E-state index contributed by atoms with van der Waals surface area (Å²) in [4.78, 5) is 14.1. The molecule has 1 aromatic carbocycles. The summed E-state index contributed by atoms with van der Waals surface area (Å²) < 4.78 is 0. The highest BCUT2D eigenvalue weighted by atomic mass is 16.3. The molecule has 1 aliphatic heterocycles. The number of carbonyl (C=O) groups is 1. The van der Waals surface area contributed by atoms with Gasteiger partial charge in [0.1, 0.15) is 5.75 Å². The zero-order chi connectivity index (χ0) is 13.8. The van der Waals surface area contributed by atoms with Gasteiger partial charge in [-0.25, -0.2) is 0 Å². The van der Waals surface area contributed by atoms with E-state index in [4.69, 9.17) is 0 Å². The van der Waals surface area contributed by atoms with Crippen molar-refractivity contribution in [2.45, 2.75) is 13.8 Å². The minimum absolute atomic E-state index is 0.00455. The number of nitrogens with zero attached hydrogens (tertiary/aromatic N) is 1. The predicted molar refractivity (Wildman–Crippen MR) is 75.5 cm³/mol. The molecule has 3 N–H and O–H groups in total. The second-order valence-corrected chi connectivity index (χ2v) is 5.03. The number of hydrogen-bond acceptors (Lipinski definition) is 4. The number of rotatable bonds is 3. The molecule has 1 saturated heterocycles. The molecular formula is C14H21N3O2. The SMILES string of the molecule is Cc1cc(NC(=O)CN2CCNCC2)c(C)cc1O. The Hall–Kier alpha value is -1.59. The number of aromatic hydroxyl groups is 1. The minimum atomic E-state index is -0.00455. The van der Waals surface area contributed by atoms with Crippen molar-refractivity contribution in [3.63, 3.8) is 0 Å². The lowest BCUT2D eigenvalue weighted by atomic mass is 10.1. The zero-order valence-corrected chi connectivity index (χ0v) is 11.5. The van der Waals surface area contributed by atoms with Crippen molar-refractivity contribution in [2.75, 3.05) is 38.0 Å². The molecule has 0 saturated carbocycles. The first-order valence-electron chi connectivity index (χ1n) is 6.59. The van der Waals surface area contributed by atoms with Crippen LogP contribution in [0.4, 0.5) is 5.69 Å². The van der Waals surface area contributed by atoms with Crippen molar-refractivity contribution < 1.29 is 9.90 Å². The zero-order valence-electron chi connectivity index (χ0n) is 11.5. The van der Waals surface area contributed by atoms with Gasteiger partial charge in [0.05, 0.1) is 6.54 Å². The van der Waals surface area contributed by atoms with Crippen LogP contribution in [-0.2, 0) is 4.79 Å². The maximum atomic E-state index is 12.0. The van der Waals surface area contributed by atoms with Gasteiger partial charge < -0.3 is 15.7 Å². The van der Waals surface area contributed by atoms with Gasteiger partial charge >= 0.3 is 0 Å². The number of amides is 1. The van der Waals surface area contributed by atoms with E-state index in [-0.39, 0.29) is 11.7 Å². The summed E-state index contributed by atoms with van der Waals surface area (Å²) in [6, 6.07) is 3.48. The fourth-order valence-corrected chi connectivity index (χ4v) is 2.20. The maximum absolute atomic E-state index is 12.0. The molecule has 19 heavy (non-hydrogen) atoms. The first-order chi connectivity index (χ1) is 9.06. The maximum Gasteiger partial charge on any atom is 0.238 e. The van der Waals surface area contributed by atoms with Gasteiger partial charge in [0.2, 0.25) is 5.91 Å². The number of nitrogens with one attached hydrogen (secondary N) is 2. The van der Waals surface area contributed by atoms with Gasteiger partial charge in [-0.1, -0.05) is 0 Å². The Labute approximate surface area is 113 Å². The second-order valence-electron chi connectivity index (χ2n) is 5.03. The molecule has 0 atom stereocenters. The van der Waals surface area contributed by atoms with Crippen molar-refractivity contribution in [1.29, 1.82) is 0 Å². The number of aryl methyl sites for hydroxylation is 2. The molecule has 2 rings (SSSR count). The van der Waals surface area contributed by atoms with Crippen LogP contribution < -0.4 is 10.6 Å². The molecule has 0 radical (unpaired) electrons. The van der Waals surface area contributed by atoms with Crippen molar-refractivity contribution in [2.24, 2.45) is 0 Å². The summed E-state index contributed by atoms with van der Waals surface area (Å²) in [6.45, 7) is 7.79. The van der Waals surface area contributed by atoms with Crippen LogP contribution in [0.15, 0.2) is 12.1 Å². The monoisotopic (exact) mass is 263 g/mol. The van der Waals surface area contributed by atoms with Crippen LogP contribution in [0, 0.1) is 13.8 Å². The average Bonchev–Trinajstić information content (AvgIpc) is 2.37. The van der Waals surface area contributed by atoms with Gasteiger partial charge in [-0.3, -0.25) is 9.69 Å². The van der Waals surface area contributed by atoms with Gasteiger partial charge in [0, 0.05) is 31.9 Å². The standard InChI is InChI=1S/C14H21N3O2/c1-10-8-13(18)11(2)7-12(10)16-14(19)9-17-5-3-15-4-6-17/h7-8,15,18H,3-6,9H2,1-2H3,(H,16,19). The Kier molecular flexibility index (Phi) is 4.39. The Morgan fingerprint density at radius 2 is 2.00 bits per heavy atom. The van der Waals surface area contributed by atoms with Crippen molar-refractivity contribution >= 4 is 11.6 Å². The van der Waals surface area contributed by atoms with Crippen LogP contribution in [0.25, 0.3) is 0 Å². The molecule has 0 bridgehead atoms. The van der Waals surface area contributed by atoms with E-state index in [0.717, 1.165) is 43.0 Å². The topological polar surface area (TPSA) is 64.6 Å². The van der Waals surface area contributed by atoms with E-state index in [1.165, 1.54) is 0 Å². The third-order valence-electron chi connectivity index (χ3n) is 3.39. The smallest absolute Gasteiger partial charge is 0.238 e.